The van der Waals surface area contributed by atoms with Crippen LogP contribution >= 0.6 is 0 Å². The molecule has 5 nitrogen and oxygen atoms in total. The summed E-state index contributed by atoms with van der Waals surface area (Å²) in [7, 11) is 0. The maximum Gasteiger partial charge on any atom is 0.136 e. The lowest BCUT2D eigenvalue weighted by Crippen LogP contribution is -2.27. The van der Waals surface area contributed by atoms with Crippen LogP contribution in [-0.4, -0.2) is 32.6 Å². The molecule has 0 bridgehead atoms. The summed E-state index contributed by atoms with van der Waals surface area (Å²) in [6.07, 6.45) is 6.56. The highest BCUT2D eigenvalue weighted by Gasteiger charge is 2.10. The van der Waals surface area contributed by atoms with Gasteiger partial charge in [0.05, 0.1) is 11.9 Å². The molecule has 3 aromatic heterocycles. The monoisotopic (exact) mass is 310 g/mol. The lowest BCUT2D eigenvalue weighted by atomic mass is 10.0. The maximum atomic E-state index is 9.57. The van der Waals surface area contributed by atoms with Gasteiger partial charge in [-0.05, 0) is 43.0 Å². The summed E-state index contributed by atoms with van der Waals surface area (Å²) in [5.74, 6) is 0.158. The van der Waals surface area contributed by atoms with E-state index in [0.717, 1.165) is 36.5 Å². The number of nitrogens with zero attached hydrogens (tertiary/aromatic N) is 3. The van der Waals surface area contributed by atoms with E-state index in [4.69, 9.17) is 0 Å². The molecule has 3 heterocycles. The number of aryl methyl sites for hydroxylation is 1. The number of hydrogen-bond acceptors (Lipinski definition) is 4. The van der Waals surface area contributed by atoms with Crippen molar-refractivity contribution in [1.82, 2.24) is 19.7 Å². The zero-order valence-electron chi connectivity index (χ0n) is 13.3. The summed E-state index contributed by atoms with van der Waals surface area (Å²) in [6, 6.07) is 9.97. The van der Waals surface area contributed by atoms with Crippen molar-refractivity contribution in [1.29, 1.82) is 0 Å². The number of fused-ring (bicyclic) bond motifs is 1. The Morgan fingerprint density at radius 3 is 2.91 bits per heavy atom. The van der Waals surface area contributed by atoms with Gasteiger partial charge in [0, 0.05) is 37.8 Å². The van der Waals surface area contributed by atoms with Gasteiger partial charge in [0.15, 0.2) is 0 Å². The fraction of sp³-hybridized carbons (Fsp3) is 0.333. The van der Waals surface area contributed by atoms with E-state index in [9.17, 15) is 5.11 Å². The molecule has 3 rings (SSSR count). The Kier molecular flexibility index (Phi) is 5.00. The first-order chi connectivity index (χ1) is 11.3. The minimum atomic E-state index is 0.149. The molecule has 0 amide bonds. The predicted molar refractivity (Wildman–Crippen MR) is 90.2 cm³/mol. The smallest absolute Gasteiger partial charge is 0.136 e. The predicted octanol–water partition coefficient (Wildman–Crippen LogP) is 1.98. The van der Waals surface area contributed by atoms with Crippen LogP contribution in [0.1, 0.15) is 17.0 Å². The number of pyridine rings is 2. The zero-order chi connectivity index (χ0) is 16.1. The molecule has 0 spiro atoms. The molecule has 3 aromatic rings. The number of aliphatic hydroxyl groups excluding tert-OH is 1. The summed E-state index contributed by atoms with van der Waals surface area (Å²) in [5, 5.41) is 13.0. The van der Waals surface area contributed by atoms with E-state index in [1.807, 2.05) is 30.5 Å². The Balaban J connectivity index is 1.58. The number of aromatic nitrogens is 3. The van der Waals surface area contributed by atoms with E-state index in [0.29, 0.717) is 0 Å². The van der Waals surface area contributed by atoms with Gasteiger partial charge in [0.25, 0.3) is 0 Å². The molecule has 1 unspecified atom stereocenters. The second kappa shape index (κ2) is 7.35. The number of aliphatic hydroxyl groups is 1. The third kappa shape index (κ3) is 3.94. The van der Waals surface area contributed by atoms with Gasteiger partial charge >= 0.3 is 0 Å². The summed E-state index contributed by atoms with van der Waals surface area (Å²) in [4.78, 5) is 8.73. The second-order valence-corrected chi connectivity index (χ2v) is 5.89. The van der Waals surface area contributed by atoms with Crippen LogP contribution in [0.4, 0.5) is 0 Å². The topological polar surface area (TPSA) is 62.5 Å². The molecule has 0 saturated heterocycles. The average molecular weight is 310 g/mol. The Morgan fingerprint density at radius 2 is 2.13 bits per heavy atom. The molecule has 2 N–H and O–H groups in total. The lowest BCUT2D eigenvalue weighted by molar-refractivity contribution is 0.220. The minimum Gasteiger partial charge on any atom is -0.396 e. The quantitative estimate of drug-likeness (QED) is 0.700. The van der Waals surface area contributed by atoms with Gasteiger partial charge in [-0.25, -0.2) is 4.98 Å². The first kappa shape index (κ1) is 15.6. The molecule has 0 aliphatic rings. The first-order valence-electron chi connectivity index (χ1n) is 7.90. The normalized spacial score (nSPS) is 12.6. The molecule has 0 fully saturated rings. The molecule has 1 atom stereocenters. The highest BCUT2D eigenvalue weighted by molar-refractivity contribution is 5.41. The maximum absolute atomic E-state index is 9.57. The highest BCUT2D eigenvalue weighted by Crippen LogP contribution is 2.09. The third-order valence-electron chi connectivity index (χ3n) is 3.95. The number of nitrogens with one attached hydrogen (secondary N) is 1. The van der Waals surface area contributed by atoms with Crippen LogP contribution in [0, 0.1) is 12.8 Å². The van der Waals surface area contributed by atoms with E-state index < -0.39 is 0 Å². The van der Waals surface area contributed by atoms with Gasteiger partial charge < -0.3 is 14.8 Å². The SMILES string of the molecule is Cc1ccc2ncc(CNCC(CO)Cc3ccccn3)n2c1. The van der Waals surface area contributed by atoms with Crippen molar-refractivity contribution in [2.45, 2.75) is 19.9 Å². The van der Waals surface area contributed by atoms with Crippen molar-refractivity contribution >= 4 is 5.65 Å². The van der Waals surface area contributed by atoms with E-state index in [-0.39, 0.29) is 12.5 Å². The van der Waals surface area contributed by atoms with Gasteiger partial charge in [-0.2, -0.15) is 0 Å². The zero-order valence-corrected chi connectivity index (χ0v) is 13.3. The third-order valence-corrected chi connectivity index (χ3v) is 3.95. The Bertz CT molecular complexity index is 754. The molecule has 0 saturated carbocycles. The molecule has 0 aliphatic carbocycles. The Labute approximate surface area is 136 Å². The number of imidazole rings is 1. The van der Waals surface area contributed by atoms with E-state index in [1.165, 1.54) is 5.56 Å². The summed E-state index contributed by atoms with van der Waals surface area (Å²) in [6.45, 7) is 3.69. The number of rotatable bonds is 7. The Morgan fingerprint density at radius 1 is 1.22 bits per heavy atom. The molecule has 23 heavy (non-hydrogen) atoms. The van der Waals surface area contributed by atoms with Crippen LogP contribution in [0.25, 0.3) is 5.65 Å². The standard InChI is InChI=1S/C18H22N4O/c1-14-5-6-18-21-11-17(22(18)12-14)10-19-9-15(13-23)8-16-4-2-3-7-20-16/h2-7,11-12,15,19,23H,8-10,13H2,1H3. The fourth-order valence-electron chi connectivity index (χ4n) is 2.69. The van der Waals surface area contributed by atoms with Gasteiger partial charge in [-0.1, -0.05) is 12.1 Å². The molecule has 5 heteroatoms. The molecule has 0 radical (unpaired) electrons. The summed E-state index contributed by atoms with van der Waals surface area (Å²) in [5.41, 5.74) is 4.30. The van der Waals surface area contributed by atoms with Crippen molar-refractivity contribution in [3.8, 4) is 0 Å². The van der Waals surface area contributed by atoms with Gasteiger partial charge in [0.2, 0.25) is 0 Å². The van der Waals surface area contributed by atoms with Crippen molar-refractivity contribution < 1.29 is 5.11 Å². The first-order valence-corrected chi connectivity index (χ1v) is 7.90. The van der Waals surface area contributed by atoms with E-state index >= 15 is 0 Å². The highest BCUT2D eigenvalue weighted by atomic mass is 16.3. The van der Waals surface area contributed by atoms with Crippen molar-refractivity contribution in [3.63, 3.8) is 0 Å². The van der Waals surface area contributed by atoms with Crippen molar-refractivity contribution in [2.75, 3.05) is 13.2 Å². The van der Waals surface area contributed by atoms with Crippen LogP contribution in [0.2, 0.25) is 0 Å². The average Bonchev–Trinajstić information content (AvgIpc) is 2.97. The van der Waals surface area contributed by atoms with Crippen molar-refractivity contribution in [2.24, 2.45) is 5.92 Å². The van der Waals surface area contributed by atoms with Crippen molar-refractivity contribution in [3.05, 3.63) is 65.9 Å². The fourth-order valence-corrected chi connectivity index (χ4v) is 2.69. The van der Waals surface area contributed by atoms with Crippen LogP contribution in [0.3, 0.4) is 0 Å². The Hall–Kier alpha value is -2.24. The van der Waals surface area contributed by atoms with Crippen LogP contribution < -0.4 is 5.32 Å². The summed E-state index contributed by atoms with van der Waals surface area (Å²) >= 11 is 0. The molecular formula is C18H22N4O. The van der Waals surface area contributed by atoms with Crippen LogP contribution in [-0.2, 0) is 13.0 Å². The minimum absolute atomic E-state index is 0.149. The van der Waals surface area contributed by atoms with Gasteiger partial charge in [-0.3, -0.25) is 4.98 Å². The van der Waals surface area contributed by atoms with E-state index in [1.54, 1.807) is 6.20 Å². The number of hydrogen-bond donors (Lipinski definition) is 2. The molecule has 0 aromatic carbocycles. The lowest BCUT2D eigenvalue weighted by Gasteiger charge is -2.14. The van der Waals surface area contributed by atoms with Gasteiger partial charge in [0.1, 0.15) is 5.65 Å². The second-order valence-electron chi connectivity index (χ2n) is 5.89. The van der Waals surface area contributed by atoms with Crippen LogP contribution in [0.5, 0.6) is 0 Å². The summed E-state index contributed by atoms with van der Waals surface area (Å²) < 4.78 is 2.11. The van der Waals surface area contributed by atoms with Gasteiger partial charge in [-0.15, -0.1) is 0 Å². The largest absolute Gasteiger partial charge is 0.396 e. The molecular weight excluding hydrogens is 288 g/mol. The molecule has 120 valence electrons. The van der Waals surface area contributed by atoms with Crippen LogP contribution in [0.15, 0.2) is 48.9 Å². The van der Waals surface area contributed by atoms with E-state index in [2.05, 4.69) is 38.9 Å². The molecule has 0 aliphatic heterocycles.